The zero-order chi connectivity index (χ0) is 20.2. The highest BCUT2D eigenvalue weighted by atomic mass is 19.1. The van der Waals surface area contributed by atoms with Crippen molar-refractivity contribution in [3.05, 3.63) is 66.0 Å². The van der Waals surface area contributed by atoms with Gasteiger partial charge in [0.2, 0.25) is 0 Å². The highest BCUT2D eigenvalue weighted by Gasteiger charge is 2.47. The van der Waals surface area contributed by atoms with E-state index in [1.54, 1.807) is 24.3 Å². The first-order valence-electron chi connectivity index (χ1n) is 9.90. The van der Waals surface area contributed by atoms with Gasteiger partial charge >= 0.3 is 0 Å². The minimum atomic E-state index is -0.822. The van der Waals surface area contributed by atoms with E-state index in [9.17, 15) is 14.3 Å². The van der Waals surface area contributed by atoms with Crippen molar-refractivity contribution in [3.63, 3.8) is 0 Å². The molecule has 6 nitrogen and oxygen atoms in total. The molecule has 0 unspecified atom stereocenters. The molecule has 154 valence electrons. The number of nitrogens with zero attached hydrogens (tertiary/aromatic N) is 1. The Morgan fingerprint density at radius 1 is 1.14 bits per heavy atom. The number of ether oxygens (including phenoxy) is 2. The van der Waals surface area contributed by atoms with Crippen LogP contribution in [0.4, 0.5) is 4.39 Å². The minimum Gasteiger partial charge on any atom is -0.487 e. The van der Waals surface area contributed by atoms with E-state index in [4.69, 9.17) is 9.47 Å². The molecule has 1 saturated carbocycles. The summed E-state index contributed by atoms with van der Waals surface area (Å²) >= 11 is 0. The zero-order valence-electron chi connectivity index (χ0n) is 16.0. The molecule has 0 aromatic heterocycles. The summed E-state index contributed by atoms with van der Waals surface area (Å²) in [5, 5.41) is 14.1. The van der Waals surface area contributed by atoms with Crippen LogP contribution in [-0.4, -0.2) is 66.5 Å². The Bertz CT molecular complexity index is 829. The normalized spacial score (nSPS) is 27.5. The summed E-state index contributed by atoms with van der Waals surface area (Å²) in [7, 11) is 0. The lowest BCUT2D eigenvalue weighted by atomic mass is 10.1. The number of benzene rings is 2. The molecule has 1 heterocycles. The molecule has 2 aliphatic rings. The van der Waals surface area contributed by atoms with Crippen LogP contribution in [0.3, 0.4) is 0 Å². The largest absolute Gasteiger partial charge is 0.487 e. The van der Waals surface area contributed by atoms with E-state index in [0.717, 1.165) is 0 Å². The lowest BCUT2D eigenvalue weighted by molar-refractivity contribution is -0.0350. The number of halogens is 1. The number of carbonyl (C=O) groups excluding carboxylic acids is 1. The number of nitrogens with one attached hydrogen (secondary N) is 1. The van der Waals surface area contributed by atoms with Crippen LogP contribution in [0.1, 0.15) is 16.8 Å². The van der Waals surface area contributed by atoms with Gasteiger partial charge in [0.25, 0.3) is 5.91 Å². The third-order valence-electron chi connectivity index (χ3n) is 5.53. The van der Waals surface area contributed by atoms with Crippen molar-refractivity contribution in [1.82, 2.24) is 10.2 Å². The SMILES string of the molecule is O=C(N[C@@H]1C[C@@H](Oc2cccc(F)c2)[C@H](O)[C@H]1N1CCOCC1)c1ccccc1. The molecular weight excluding hydrogens is 375 g/mol. The van der Waals surface area contributed by atoms with Gasteiger partial charge in [-0.15, -0.1) is 0 Å². The fraction of sp³-hybridized carbons (Fsp3) is 0.409. The van der Waals surface area contributed by atoms with Gasteiger partial charge in [0.05, 0.1) is 25.3 Å². The Morgan fingerprint density at radius 3 is 2.62 bits per heavy atom. The molecule has 1 amide bonds. The third-order valence-corrected chi connectivity index (χ3v) is 5.53. The first-order valence-corrected chi connectivity index (χ1v) is 9.90. The van der Waals surface area contributed by atoms with Crippen LogP contribution in [-0.2, 0) is 4.74 Å². The Kier molecular flexibility index (Phi) is 6.08. The number of morpholine rings is 1. The van der Waals surface area contributed by atoms with Crippen molar-refractivity contribution in [1.29, 1.82) is 0 Å². The molecule has 29 heavy (non-hydrogen) atoms. The van der Waals surface area contributed by atoms with Gasteiger partial charge in [-0.25, -0.2) is 4.39 Å². The number of carbonyl (C=O) groups is 1. The molecule has 2 N–H and O–H groups in total. The molecule has 2 aromatic carbocycles. The average Bonchev–Trinajstić information content (AvgIpc) is 3.04. The quantitative estimate of drug-likeness (QED) is 0.802. The number of aliphatic hydroxyl groups excluding tert-OH is 1. The summed E-state index contributed by atoms with van der Waals surface area (Å²) in [6.07, 6.45) is -0.943. The summed E-state index contributed by atoms with van der Waals surface area (Å²) in [5.74, 6) is -0.217. The average molecular weight is 400 g/mol. The molecule has 1 aliphatic carbocycles. The van der Waals surface area contributed by atoms with Gasteiger partial charge in [-0.05, 0) is 24.3 Å². The van der Waals surface area contributed by atoms with Crippen molar-refractivity contribution in [2.75, 3.05) is 26.3 Å². The van der Waals surface area contributed by atoms with Crippen LogP contribution in [0.15, 0.2) is 54.6 Å². The fourth-order valence-electron chi connectivity index (χ4n) is 4.15. The maximum absolute atomic E-state index is 13.5. The van der Waals surface area contributed by atoms with Gasteiger partial charge < -0.3 is 19.9 Å². The molecule has 4 rings (SSSR count). The Labute approximate surface area is 169 Å². The lowest BCUT2D eigenvalue weighted by Gasteiger charge is -2.37. The molecule has 4 atom stereocenters. The number of aliphatic hydroxyl groups is 1. The molecule has 1 saturated heterocycles. The van der Waals surface area contributed by atoms with Crippen LogP contribution in [0, 0.1) is 5.82 Å². The van der Waals surface area contributed by atoms with Gasteiger partial charge in [-0.1, -0.05) is 24.3 Å². The highest BCUT2D eigenvalue weighted by molar-refractivity contribution is 5.94. The second-order valence-corrected chi connectivity index (χ2v) is 7.42. The Morgan fingerprint density at radius 2 is 1.90 bits per heavy atom. The van der Waals surface area contributed by atoms with Crippen LogP contribution >= 0.6 is 0 Å². The number of hydrogen-bond donors (Lipinski definition) is 2. The van der Waals surface area contributed by atoms with Gasteiger partial charge in [-0.3, -0.25) is 9.69 Å². The van der Waals surface area contributed by atoms with E-state index in [-0.39, 0.29) is 18.0 Å². The van der Waals surface area contributed by atoms with Crippen molar-refractivity contribution in [2.24, 2.45) is 0 Å². The van der Waals surface area contributed by atoms with Crippen molar-refractivity contribution >= 4 is 5.91 Å². The molecule has 2 aromatic rings. The molecule has 0 radical (unpaired) electrons. The zero-order valence-corrected chi connectivity index (χ0v) is 16.0. The second kappa shape index (κ2) is 8.90. The number of amides is 1. The minimum absolute atomic E-state index is 0.188. The predicted molar refractivity (Wildman–Crippen MR) is 105 cm³/mol. The molecule has 2 fully saturated rings. The van der Waals surface area contributed by atoms with Gasteiger partial charge in [0.1, 0.15) is 23.8 Å². The van der Waals surface area contributed by atoms with E-state index in [2.05, 4.69) is 10.2 Å². The van der Waals surface area contributed by atoms with Crippen molar-refractivity contribution in [2.45, 2.75) is 30.7 Å². The van der Waals surface area contributed by atoms with E-state index in [1.165, 1.54) is 12.1 Å². The molecule has 0 spiro atoms. The maximum atomic E-state index is 13.5. The van der Waals surface area contributed by atoms with E-state index >= 15 is 0 Å². The summed E-state index contributed by atoms with van der Waals surface area (Å²) in [4.78, 5) is 14.9. The first-order chi connectivity index (χ1) is 14.1. The smallest absolute Gasteiger partial charge is 0.251 e. The Balaban J connectivity index is 1.52. The highest BCUT2D eigenvalue weighted by Crippen LogP contribution is 2.30. The third kappa shape index (κ3) is 4.58. The van der Waals surface area contributed by atoms with E-state index in [1.807, 2.05) is 18.2 Å². The lowest BCUT2D eigenvalue weighted by Crippen LogP contribution is -2.56. The van der Waals surface area contributed by atoms with Crippen molar-refractivity contribution in [3.8, 4) is 5.75 Å². The van der Waals surface area contributed by atoms with Crippen LogP contribution in [0.25, 0.3) is 0 Å². The van der Waals surface area contributed by atoms with Crippen LogP contribution in [0.2, 0.25) is 0 Å². The Hall–Kier alpha value is -2.48. The molecule has 7 heteroatoms. The van der Waals surface area contributed by atoms with E-state index < -0.39 is 18.0 Å². The molecule has 0 bridgehead atoms. The predicted octanol–water partition coefficient (Wildman–Crippen LogP) is 1.84. The van der Waals surface area contributed by atoms with Crippen LogP contribution in [0.5, 0.6) is 5.75 Å². The van der Waals surface area contributed by atoms with E-state index in [0.29, 0.717) is 44.0 Å². The second-order valence-electron chi connectivity index (χ2n) is 7.42. The standard InChI is InChI=1S/C22H25FN2O4/c23-16-7-4-8-17(13-16)29-19-14-18(24-22(27)15-5-2-1-3-6-15)20(21(19)26)25-9-11-28-12-10-25/h1-8,13,18-21,26H,9-12,14H2,(H,24,27)/t18-,19-,20+,21+/m1/s1. The summed E-state index contributed by atoms with van der Waals surface area (Å²) < 4.78 is 24.9. The summed E-state index contributed by atoms with van der Waals surface area (Å²) in [6, 6.07) is 14.3. The van der Waals surface area contributed by atoms with Crippen LogP contribution < -0.4 is 10.1 Å². The molecular formula is C22H25FN2O4. The molecule has 1 aliphatic heterocycles. The first kappa shape index (κ1) is 19.8. The van der Waals surface area contributed by atoms with Gasteiger partial charge in [0, 0.05) is 31.1 Å². The summed E-state index contributed by atoms with van der Waals surface area (Å²) in [6.45, 7) is 2.51. The number of hydrogen-bond acceptors (Lipinski definition) is 5. The number of rotatable bonds is 5. The monoisotopic (exact) mass is 400 g/mol. The topological polar surface area (TPSA) is 71.0 Å². The fourth-order valence-corrected chi connectivity index (χ4v) is 4.15. The summed E-state index contributed by atoms with van der Waals surface area (Å²) in [5.41, 5.74) is 0.567. The van der Waals surface area contributed by atoms with Gasteiger partial charge in [0.15, 0.2) is 0 Å². The van der Waals surface area contributed by atoms with Gasteiger partial charge in [-0.2, -0.15) is 0 Å². The maximum Gasteiger partial charge on any atom is 0.251 e. The van der Waals surface area contributed by atoms with Crippen molar-refractivity contribution < 1.29 is 23.8 Å².